The molecule has 0 saturated heterocycles. The van der Waals surface area contributed by atoms with E-state index in [1.165, 1.54) is 5.56 Å². The molecule has 0 atom stereocenters. The topological polar surface area (TPSA) is 57.8 Å². The lowest BCUT2D eigenvalue weighted by Crippen LogP contribution is -2.15. The Kier molecular flexibility index (Phi) is 3.88. The molecule has 4 nitrogen and oxygen atoms in total. The van der Waals surface area contributed by atoms with E-state index in [0.29, 0.717) is 6.42 Å². The lowest BCUT2D eigenvalue weighted by Gasteiger charge is -2.04. The SMILES string of the molecule is CC(=O)CCCNCc1ccc2nc[nH]c2c1. The zero-order valence-corrected chi connectivity index (χ0v) is 9.99. The standard InChI is InChI=1S/C13H17N3O/c1-10(17)3-2-6-14-8-11-4-5-12-13(7-11)16-9-15-12/h4-5,7,9,14H,2-3,6,8H2,1H3,(H,15,16). The molecule has 0 aliphatic carbocycles. The normalized spacial score (nSPS) is 10.9. The van der Waals surface area contributed by atoms with Crippen LogP contribution in [-0.4, -0.2) is 22.3 Å². The van der Waals surface area contributed by atoms with Crippen LogP contribution in [0.25, 0.3) is 11.0 Å². The summed E-state index contributed by atoms with van der Waals surface area (Å²) in [6, 6.07) is 6.18. The van der Waals surface area contributed by atoms with Crippen molar-refractivity contribution in [3.05, 3.63) is 30.1 Å². The predicted octanol–water partition coefficient (Wildman–Crippen LogP) is 2.02. The summed E-state index contributed by atoms with van der Waals surface area (Å²) in [5.74, 6) is 0.255. The van der Waals surface area contributed by atoms with Gasteiger partial charge in [0, 0.05) is 13.0 Å². The Morgan fingerprint density at radius 1 is 1.47 bits per heavy atom. The molecule has 90 valence electrons. The van der Waals surface area contributed by atoms with Crippen molar-refractivity contribution in [2.75, 3.05) is 6.54 Å². The van der Waals surface area contributed by atoms with Crippen LogP contribution in [0.5, 0.6) is 0 Å². The molecule has 0 saturated carbocycles. The maximum absolute atomic E-state index is 10.8. The molecule has 2 rings (SSSR count). The van der Waals surface area contributed by atoms with Gasteiger partial charge in [-0.15, -0.1) is 0 Å². The highest BCUT2D eigenvalue weighted by atomic mass is 16.1. The Hall–Kier alpha value is -1.68. The van der Waals surface area contributed by atoms with Gasteiger partial charge in [-0.3, -0.25) is 0 Å². The monoisotopic (exact) mass is 231 g/mol. The van der Waals surface area contributed by atoms with Gasteiger partial charge in [-0.1, -0.05) is 6.07 Å². The fourth-order valence-corrected chi connectivity index (χ4v) is 1.79. The Labute approximate surface area is 100 Å². The molecule has 0 aliphatic rings. The summed E-state index contributed by atoms with van der Waals surface area (Å²) in [6.07, 6.45) is 3.27. The first-order valence-electron chi connectivity index (χ1n) is 5.88. The second kappa shape index (κ2) is 5.59. The van der Waals surface area contributed by atoms with Crippen LogP contribution in [-0.2, 0) is 11.3 Å². The van der Waals surface area contributed by atoms with Crippen LogP contribution in [0, 0.1) is 0 Å². The number of Topliss-reactive ketones (excluding diaryl/α,β-unsaturated/α-hetero) is 1. The molecule has 1 aromatic heterocycles. The largest absolute Gasteiger partial charge is 0.345 e. The molecule has 0 spiro atoms. The fourth-order valence-electron chi connectivity index (χ4n) is 1.79. The lowest BCUT2D eigenvalue weighted by atomic mass is 10.2. The summed E-state index contributed by atoms with van der Waals surface area (Å²) in [5.41, 5.74) is 3.28. The van der Waals surface area contributed by atoms with E-state index in [9.17, 15) is 4.79 Å². The van der Waals surface area contributed by atoms with Crippen molar-refractivity contribution in [2.24, 2.45) is 0 Å². The maximum atomic E-state index is 10.8. The third-order valence-electron chi connectivity index (χ3n) is 2.70. The summed E-state index contributed by atoms with van der Waals surface area (Å²) in [6.45, 7) is 3.33. The van der Waals surface area contributed by atoms with Gasteiger partial charge in [0.25, 0.3) is 0 Å². The first-order valence-corrected chi connectivity index (χ1v) is 5.88. The van der Waals surface area contributed by atoms with Gasteiger partial charge in [-0.2, -0.15) is 0 Å². The van der Waals surface area contributed by atoms with Crippen molar-refractivity contribution in [1.29, 1.82) is 0 Å². The summed E-state index contributed by atoms with van der Waals surface area (Å²) in [7, 11) is 0. The number of H-pyrrole nitrogens is 1. The van der Waals surface area contributed by atoms with E-state index in [1.54, 1.807) is 13.3 Å². The number of carbonyl (C=O) groups excluding carboxylic acids is 1. The van der Waals surface area contributed by atoms with Crippen LogP contribution in [0.1, 0.15) is 25.3 Å². The van der Waals surface area contributed by atoms with Gasteiger partial charge in [0.15, 0.2) is 0 Å². The summed E-state index contributed by atoms with van der Waals surface area (Å²) in [4.78, 5) is 18.0. The van der Waals surface area contributed by atoms with Crippen molar-refractivity contribution in [3.8, 4) is 0 Å². The zero-order chi connectivity index (χ0) is 12.1. The van der Waals surface area contributed by atoms with Gasteiger partial charge in [-0.05, 0) is 37.6 Å². The second-order valence-corrected chi connectivity index (χ2v) is 4.24. The van der Waals surface area contributed by atoms with Gasteiger partial charge in [0.05, 0.1) is 17.4 Å². The van der Waals surface area contributed by atoms with Gasteiger partial charge in [-0.25, -0.2) is 4.98 Å². The smallest absolute Gasteiger partial charge is 0.129 e. The van der Waals surface area contributed by atoms with Crippen LogP contribution in [0.3, 0.4) is 0 Å². The van der Waals surface area contributed by atoms with Gasteiger partial charge < -0.3 is 15.1 Å². The molecule has 0 bridgehead atoms. The minimum Gasteiger partial charge on any atom is -0.345 e. The summed E-state index contributed by atoms with van der Waals surface area (Å²) in [5, 5.41) is 3.33. The molecule has 0 amide bonds. The third-order valence-corrected chi connectivity index (χ3v) is 2.70. The number of fused-ring (bicyclic) bond motifs is 1. The highest BCUT2D eigenvalue weighted by Crippen LogP contribution is 2.11. The van der Waals surface area contributed by atoms with Crippen molar-refractivity contribution < 1.29 is 4.79 Å². The van der Waals surface area contributed by atoms with E-state index in [4.69, 9.17) is 0 Å². The number of imidazole rings is 1. The van der Waals surface area contributed by atoms with Gasteiger partial charge in [0.1, 0.15) is 5.78 Å². The number of aromatic amines is 1. The quantitative estimate of drug-likeness (QED) is 0.748. The molecule has 17 heavy (non-hydrogen) atoms. The van der Waals surface area contributed by atoms with Crippen molar-refractivity contribution >= 4 is 16.8 Å². The molecule has 0 unspecified atom stereocenters. The lowest BCUT2D eigenvalue weighted by molar-refractivity contribution is -0.117. The molecule has 2 aromatic rings. The first-order chi connectivity index (χ1) is 8.25. The number of nitrogens with one attached hydrogen (secondary N) is 2. The second-order valence-electron chi connectivity index (χ2n) is 4.24. The van der Waals surface area contributed by atoms with E-state index in [2.05, 4.69) is 27.4 Å². The average Bonchev–Trinajstić information content (AvgIpc) is 2.75. The Bertz CT molecular complexity index is 504. The van der Waals surface area contributed by atoms with Crippen LogP contribution < -0.4 is 5.32 Å². The number of hydrogen-bond donors (Lipinski definition) is 2. The van der Waals surface area contributed by atoms with Gasteiger partial charge >= 0.3 is 0 Å². The zero-order valence-electron chi connectivity index (χ0n) is 9.99. The third kappa shape index (κ3) is 3.39. The molecule has 2 N–H and O–H groups in total. The van der Waals surface area contributed by atoms with Crippen LogP contribution in [0.4, 0.5) is 0 Å². The minimum atomic E-state index is 0.255. The predicted molar refractivity (Wildman–Crippen MR) is 67.7 cm³/mol. The number of aromatic nitrogens is 2. The van der Waals surface area contributed by atoms with Gasteiger partial charge in [0.2, 0.25) is 0 Å². The number of benzene rings is 1. The Morgan fingerprint density at radius 3 is 3.18 bits per heavy atom. The molecular formula is C13H17N3O. The molecule has 1 heterocycles. The number of carbonyl (C=O) groups is 1. The van der Waals surface area contributed by atoms with Crippen molar-refractivity contribution in [1.82, 2.24) is 15.3 Å². The van der Waals surface area contributed by atoms with Crippen LogP contribution in [0.15, 0.2) is 24.5 Å². The average molecular weight is 231 g/mol. The van der Waals surface area contributed by atoms with Crippen LogP contribution >= 0.6 is 0 Å². The van der Waals surface area contributed by atoms with E-state index < -0.39 is 0 Å². The molecule has 0 radical (unpaired) electrons. The summed E-state index contributed by atoms with van der Waals surface area (Å²) >= 11 is 0. The molecule has 0 aliphatic heterocycles. The highest BCUT2D eigenvalue weighted by Gasteiger charge is 1.98. The molecule has 0 fully saturated rings. The summed E-state index contributed by atoms with van der Waals surface area (Å²) < 4.78 is 0. The van der Waals surface area contributed by atoms with E-state index in [0.717, 1.165) is 30.5 Å². The minimum absolute atomic E-state index is 0.255. The van der Waals surface area contributed by atoms with Crippen molar-refractivity contribution in [2.45, 2.75) is 26.3 Å². The van der Waals surface area contributed by atoms with E-state index in [-0.39, 0.29) is 5.78 Å². The maximum Gasteiger partial charge on any atom is 0.129 e. The molecular weight excluding hydrogens is 214 g/mol. The fraction of sp³-hybridized carbons (Fsp3) is 0.385. The number of nitrogens with zero attached hydrogens (tertiary/aromatic N) is 1. The molecule has 4 heteroatoms. The van der Waals surface area contributed by atoms with E-state index in [1.807, 2.05) is 6.07 Å². The first kappa shape index (κ1) is 11.8. The number of rotatable bonds is 6. The van der Waals surface area contributed by atoms with Crippen molar-refractivity contribution in [3.63, 3.8) is 0 Å². The highest BCUT2D eigenvalue weighted by molar-refractivity contribution is 5.75. The Balaban J connectivity index is 1.80. The molecule has 1 aromatic carbocycles. The Morgan fingerprint density at radius 2 is 2.35 bits per heavy atom. The van der Waals surface area contributed by atoms with E-state index >= 15 is 0 Å². The van der Waals surface area contributed by atoms with Crippen LogP contribution in [0.2, 0.25) is 0 Å². The number of ketones is 1. The number of hydrogen-bond acceptors (Lipinski definition) is 3.